The van der Waals surface area contributed by atoms with Gasteiger partial charge in [-0.1, -0.05) is 6.08 Å². The third kappa shape index (κ3) is 8.68. The van der Waals surface area contributed by atoms with Crippen LogP contribution in [0.2, 0.25) is 39.3 Å². The summed E-state index contributed by atoms with van der Waals surface area (Å²) in [5.41, 5.74) is 0. The zero-order chi connectivity index (χ0) is 11.4. The van der Waals surface area contributed by atoms with E-state index in [1.54, 1.807) is 0 Å². The van der Waals surface area contributed by atoms with Crippen molar-refractivity contribution in [3.8, 4) is 0 Å². The Morgan fingerprint density at radius 3 is 1.86 bits per heavy atom. The molecule has 0 saturated heterocycles. The highest BCUT2D eigenvalue weighted by molar-refractivity contribution is 6.70. The molecule has 0 amide bonds. The zero-order valence-corrected chi connectivity index (χ0v) is 12.4. The lowest BCUT2D eigenvalue weighted by Gasteiger charge is -2.27. The van der Waals surface area contributed by atoms with Crippen LogP contribution in [-0.2, 0) is 8.85 Å². The highest BCUT2D eigenvalue weighted by atomic mass is 28.4. The van der Waals surface area contributed by atoms with Crippen molar-refractivity contribution in [2.75, 3.05) is 6.61 Å². The molecule has 0 bridgehead atoms. The van der Waals surface area contributed by atoms with Crippen molar-refractivity contribution in [3.63, 3.8) is 0 Å². The molecule has 0 radical (unpaired) electrons. The third-order valence-corrected chi connectivity index (χ3v) is 3.49. The molecule has 0 aromatic rings. The maximum absolute atomic E-state index is 5.90. The molecule has 1 unspecified atom stereocenters. The fourth-order valence-electron chi connectivity index (χ4n) is 0.936. The van der Waals surface area contributed by atoms with Gasteiger partial charge in [0.15, 0.2) is 16.6 Å². The van der Waals surface area contributed by atoms with Gasteiger partial charge in [-0.2, -0.15) is 0 Å². The normalized spacial score (nSPS) is 15.3. The van der Waals surface area contributed by atoms with Crippen molar-refractivity contribution in [1.29, 1.82) is 0 Å². The van der Waals surface area contributed by atoms with Crippen molar-refractivity contribution in [2.24, 2.45) is 0 Å². The molecule has 0 aliphatic rings. The van der Waals surface area contributed by atoms with Crippen LogP contribution in [0.4, 0.5) is 0 Å². The number of rotatable bonds is 6. The Kier molecular flexibility index (Phi) is 5.29. The molecular weight excluding hydrogens is 208 g/mol. The van der Waals surface area contributed by atoms with Gasteiger partial charge in [-0.25, -0.2) is 0 Å². The second kappa shape index (κ2) is 5.25. The lowest BCUT2D eigenvalue weighted by Crippen LogP contribution is -2.36. The molecule has 4 heteroatoms. The van der Waals surface area contributed by atoms with Crippen LogP contribution in [0.1, 0.15) is 0 Å². The van der Waals surface area contributed by atoms with Crippen LogP contribution in [0.25, 0.3) is 0 Å². The molecule has 0 aromatic carbocycles. The summed E-state index contributed by atoms with van der Waals surface area (Å²) in [4.78, 5) is 0. The summed E-state index contributed by atoms with van der Waals surface area (Å²) in [6, 6.07) is 0. The Morgan fingerprint density at radius 1 is 1.07 bits per heavy atom. The summed E-state index contributed by atoms with van der Waals surface area (Å²) in [5.74, 6) is 0. The monoisotopic (exact) mass is 232 g/mol. The highest BCUT2D eigenvalue weighted by Crippen LogP contribution is 2.11. The minimum absolute atomic E-state index is 0.0633. The summed E-state index contributed by atoms with van der Waals surface area (Å²) in [7, 11) is -2.90. The average Bonchev–Trinajstić information content (AvgIpc) is 1.94. The van der Waals surface area contributed by atoms with Crippen LogP contribution in [0.3, 0.4) is 0 Å². The summed E-state index contributed by atoms with van der Waals surface area (Å²) in [6.45, 7) is 17.5. The van der Waals surface area contributed by atoms with E-state index in [1.807, 2.05) is 6.08 Å². The molecule has 0 aromatic heterocycles. The quantitative estimate of drug-likeness (QED) is 0.517. The lowest BCUT2D eigenvalue weighted by molar-refractivity contribution is 0.154. The van der Waals surface area contributed by atoms with E-state index < -0.39 is 16.6 Å². The largest absolute Gasteiger partial charge is 0.415 e. The van der Waals surface area contributed by atoms with Crippen LogP contribution < -0.4 is 0 Å². The van der Waals surface area contributed by atoms with E-state index in [4.69, 9.17) is 8.85 Å². The Morgan fingerprint density at radius 2 is 1.57 bits per heavy atom. The number of hydrogen-bond donors (Lipinski definition) is 0. The molecule has 0 saturated carbocycles. The van der Waals surface area contributed by atoms with Crippen LogP contribution in [0.5, 0.6) is 0 Å². The average molecular weight is 232 g/mol. The van der Waals surface area contributed by atoms with E-state index in [1.165, 1.54) is 0 Å². The van der Waals surface area contributed by atoms with E-state index >= 15 is 0 Å². The fraction of sp³-hybridized carbons (Fsp3) is 0.800. The minimum atomic E-state index is -1.47. The molecule has 1 atom stereocenters. The Bertz CT molecular complexity index is 180. The Hall–Kier alpha value is 0.0938. The SMILES string of the molecule is C=CC(CO[Si](C)(C)C)O[Si](C)(C)C. The lowest BCUT2D eigenvalue weighted by atomic mass is 10.4. The fourth-order valence-corrected chi connectivity index (χ4v) is 2.67. The van der Waals surface area contributed by atoms with Gasteiger partial charge in [-0.15, -0.1) is 6.58 Å². The first-order chi connectivity index (χ1) is 6.14. The highest BCUT2D eigenvalue weighted by Gasteiger charge is 2.21. The summed E-state index contributed by atoms with van der Waals surface area (Å²) >= 11 is 0. The standard InChI is InChI=1S/C10H24O2Si2/c1-8-10(12-14(5,6)7)9-11-13(2,3)4/h8,10H,1,9H2,2-7H3. The first kappa shape index (κ1) is 14.1. The topological polar surface area (TPSA) is 18.5 Å². The Balaban J connectivity index is 3.99. The molecular formula is C10H24O2Si2. The molecule has 14 heavy (non-hydrogen) atoms. The second-order valence-electron chi connectivity index (χ2n) is 5.43. The van der Waals surface area contributed by atoms with Gasteiger partial charge in [0.05, 0.1) is 12.7 Å². The Labute approximate surface area is 90.6 Å². The van der Waals surface area contributed by atoms with Crippen molar-refractivity contribution in [2.45, 2.75) is 45.4 Å². The van der Waals surface area contributed by atoms with Crippen LogP contribution >= 0.6 is 0 Å². The minimum Gasteiger partial charge on any atom is -0.415 e. The van der Waals surface area contributed by atoms with Crippen molar-refractivity contribution in [1.82, 2.24) is 0 Å². The molecule has 0 aliphatic heterocycles. The smallest absolute Gasteiger partial charge is 0.184 e. The number of hydrogen-bond acceptors (Lipinski definition) is 2. The third-order valence-electron chi connectivity index (χ3n) is 1.45. The van der Waals surface area contributed by atoms with Crippen LogP contribution in [-0.4, -0.2) is 29.3 Å². The molecule has 0 fully saturated rings. The van der Waals surface area contributed by atoms with Crippen molar-refractivity contribution >= 4 is 16.6 Å². The molecule has 2 nitrogen and oxygen atoms in total. The van der Waals surface area contributed by atoms with Crippen molar-refractivity contribution < 1.29 is 8.85 Å². The zero-order valence-electron chi connectivity index (χ0n) is 10.4. The molecule has 0 N–H and O–H groups in total. The van der Waals surface area contributed by atoms with E-state index in [9.17, 15) is 0 Å². The molecule has 0 rings (SSSR count). The maximum atomic E-state index is 5.90. The van der Waals surface area contributed by atoms with Gasteiger partial charge in [0.25, 0.3) is 0 Å². The second-order valence-corrected chi connectivity index (χ2v) is 14.4. The summed E-state index contributed by atoms with van der Waals surface area (Å²) in [6.07, 6.45) is 1.91. The molecule has 84 valence electrons. The van der Waals surface area contributed by atoms with Gasteiger partial charge in [-0.3, -0.25) is 0 Å². The van der Waals surface area contributed by atoms with Gasteiger partial charge >= 0.3 is 0 Å². The van der Waals surface area contributed by atoms with Gasteiger partial charge in [0.1, 0.15) is 0 Å². The van der Waals surface area contributed by atoms with Crippen LogP contribution in [0.15, 0.2) is 12.7 Å². The summed E-state index contributed by atoms with van der Waals surface area (Å²) < 4.78 is 11.7. The van der Waals surface area contributed by atoms with Crippen molar-refractivity contribution in [3.05, 3.63) is 12.7 Å². The van der Waals surface area contributed by atoms with Gasteiger partial charge in [0, 0.05) is 0 Å². The summed E-state index contributed by atoms with van der Waals surface area (Å²) in [5, 5.41) is 0. The van der Waals surface area contributed by atoms with Gasteiger partial charge in [0.2, 0.25) is 0 Å². The van der Waals surface area contributed by atoms with E-state index in [0.29, 0.717) is 6.61 Å². The van der Waals surface area contributed by atoms with Crippen LogP contribution in [0, 0.1) is 0 Å². The predicted octanol–water partition coefficient (Wildman–Crippen LogP) is 3.24. The predicted molar refractivity (Wildman–Crippen MR) is 67.7 cm³/mol. The van der Waals surface area contributed by atoms with E-state index in [-0.39, 0.29) is 6.10 Å². The molecule has 0 spiro atoms. The molecule has 0 heterocycles. The van der Waals surface area contributed by atoms with Gasteiger partial charge < -0.3 is 8.85 Å². The first-order valence-corrected chi connectivity index (χ1v) is 11.9. The molecule has 0 aliphatic carbocycles. The first-order valence-electron chi connectivity index (χ1n) is 5.08. The van der Waals surface area contributed by atoms with Gasteiger partial charge in [-0.05, 0) is 39.3 Å². The maximum Gasteiger partial charge on any atom is 0.184 e. The van der Waals surface area contributed by atoms with E-state index in [2.05, 4.69) is 45.9 Å². The van der Waals surface area contributed by atoms with E-state index in [0.717, 1.165) is 0 Å².